The van der Waals surface area contributed by atoms with E-state index in [9.17, 15) is 0 Å². The van der Waals surface area contributed by atoms with Crippen molar-refractivity contribution in [1.82, 2.24) is 19.5 Å². The molecule has 1 N–H and O–H groups in total. The van der Waals surface area contributed by atoms with Gasteiger partial charge in [-0.15, -0.1) is 11.3 Å². The van der Waals surface area contributed by atoms with Crippen molar-refractivity contribution in [3.05, 3.63) is 46.3 Å². The molecule has 0 saturated heterocycles. The van der Waals surface area contributed by atoms with E-state index in [0.717, 1.165) is 29.7 Å². The second-order valence-corrected chi connectivity index (χ2v) is 8.71. The predicted molar refractivity (Wildman–Crippen MR) is 123 cm³/mol. The molecule has 4 heterocycles. The van der Waals surface area contributed by atoms with E-state index in [1.165, 1.54) is 28.4 Å². The molecule has 4 aromatic rings. The Morgan fingerprint density at radius 1 is 1.13 bits per heavy atom. The Kier molecular flexibility index (Phi) is 5.02. The van der Waals surface area contributed by atoms with Gasteiger partial charge in [0.2, 0.25) is 0 Å². The fraction of sp³-hybridized carbons (Fsp3) is 0.348. The van der Waals surface area contributed by atoms with Crippen LogP contribution in [0.25, 0.3) is 22.2 Å². The minimum atomic E-state index is 0.0883. The summed E-state index contributed by atoms with van der Waals surface area (Å²) in [5, 5.41) is 6.70. The molecule has 0 amide bonds. The van der Waals surface area contributed by atoms with Gasteiger partial charge in [0.15, 0.2) is 11.5 Å². The maximum Gasteiger partial charge on any atom is 0.162 e. The molecule has 8 heteroatoms. The first-order valence-electron chi connectivity index (χ1n) is 10.4. The Morgan fingerprint density at radius 2 is 1.94 bits per heavy atom. The summed E-state index contributed by atoms with van der Waals surface area (Å²) in [4.78, 5) is 15.1. The molecule has 0 bridgehead atoms. The first-order chi connectivity index (χ1) is 15.1. The van der Waals surface area contributed by atoms with E-state index in [4.69, 9.17) is 9.47 Å². The van der Waals surface area contributed by atoms with Gasteiger partial charge < -0.3 is 19.4 Å². The number of anilines is 1. The van der Waals surface area contributed by atoms with Crippen molar-refractivity contribution >= 4 is 28.1 Å². The Bertz CT molecular complexity index is 1260. The summed E-state index contributed by atoms with van der Waals surface area (Å²) in [7, 11) is 3.26. The third-order valence-corrected chi connectivity index (χ3v) is 6.84. The number of nitrogens with one attached hydrogen (secondary N) is 1. The normalized spacial score (nSPS) is 13.9. The number of rotatable bonds is 6. The minimum Gasteiger partial charge on any atom is -0.493 e. The van der Waals surface area contributed by atoms with Gasteiger partial charge in [-0.25, -0.2) is 15.0 Å². The van der Waals surface area contributed by atoms with Gasteiger partial charge in [-0.3, -0.25) is 0 Å². The number of ether oxygens (including phenoxy) is 2. The van der Waals surface area contributed by atoms with E-state index < -0.39 is 0 Å². The van der Waals surface area contributed by atoms with Crippen LogP contribution in [0.3, 0.4) is 0 Å². The van der Waals surface area contributed by atoms with Crippen LogP contribution in [0.4, 0.5) is 5.82 Å². The van der Waals surface area contributed by atoms with Crippen molar-refractivity contribution in [3.8, 4) is 22.8 Å². The third-order valence-electron chi connectivity index (χ3n) is 5.73. The molecule has 0 spiro atoms. The lowest BCUT2D eigenvalue weighted by molar-refractivity contribution is 0.356. The number of fused-ring (bicyclic) bond motifs is 2. The number of benzene rings is 1. The zero-order valence-electron chi connectivity index (χ0n) is 18.1. The summed E-state index contributed by atoms with van der Waals surface area (Å²) in [5.41, 5.74) is 3.26. The van der Waals surface area contributed by atoms with Gasteiger partial charge in [0, 0.05) is 40.2 Å². The standard InChI is InChI=1S/C23H25N5O2S/c1-13(21-8-15(12-31-21)18-11-24-22-6-5-7-28(18)22)25-23-16-9-19(29-3)20(30-4)10-17(16)26-14(2)27-23/h8-13H,5-7H2,1-4H3,(H,25,26,27). The maximum absolute atomic E-state index is 5.49. The lowest BCUT2D eigenvalue weighted by Crippen LogP contribution is -2.08. The van der Waals surface area contributed by atoms with E-state index in [1.54, 1.807) is 25.6 Å². The van der Waals surface area contributed by atoms with E-state index in [-0.39, 0.29) is 6.04 Å². The van der Waals surface area contributed by atoms with Crippen molar-refractivity contribution < 1.29 is 9.47 Å². The molecule has 0 fully saturated rings. The molecule has 1 atom stereocenters. The highest BCUT2D eigenvalue weighted by Gasteiger charge is 2.19. The highest BCUT2D eigenvalue weighted by molar-refractivity contribution is 7.10. The molecule has 5 rings (SSSR count). The smallest absolute Gasteiger partial charge is 0.162 e. The van der Waals surface area contributed by atoms with Crippen LogP contribution in [0.2, 0.25) is 0 Å². The van der Waals surface area contributed by atoms with Gasteiger partial charge in [0.05, 0.1) is 37.7 Å². The van der Waals surface area contributed by atoms with Gasteiger partial charge >= 0.3 is 0 Å². The van der Waals surface area contributed by atoms with Crippen LogP contribution < -0.4 is 14.8 Å². The van der Waals surface area contributed by atoms with Gasteiger partial charge in [0.25, 0.3) is 0 Å². The van der Waals surface area contributed by atoms with Crippen LogP contribution >= 0.6 is 11.3 Å². The van der Waals surface area contributed by atoms with Gasteiger partial charge in [0.1, 0.15) is 17.5 Å². The average molecular weight is 436 g/mol. The van der Waals surface area contributed by atoms with Crippen LogP contribution in [0.15, 0.2) is 29.8 Å². The summed E-state index contributed by atoms with van der Waals surface area (Å²) in [5.74, 6) is 4.00. The Labute approximate surface area is 185 Å². The Morgan fingerprint density at radius 3 is 2.74 bits per heavy atom. The largest absolute Gasteiger partial charge is 0.493 e. The van der Waals surface area contributed by atoms with Crippen molar-refractivity contribution in [3.63, 3.8) is 0 Å². The van der Waals surface area contributed by atoms with Crippen molar-refractivity contribution in [2.24, 2.45) is 0 Å². The number of nitrogens with zero attached hydrogens (tertiary/aromatic N) is 4. The molecular weight excluding hydrogens is 410 g/mol. The monoisotopic (exact) mass is 435 g/mol. The highest BCUT2D eigenvalue weighted by atomic mass is 32.1. The maximum atomic E-state index is 5.49. The fourth-order valence-electron chi connectivity index (χ4n) is 4.16. The number of imidazole rings is 1. The average Bonchev–Trinajstić information content (AvgIpc) is 3.49. The Balaban J connectivity index is 1.46. The third kappa shape index (κ3) is 3.50. The molecule has 1 unspecified atom stereocenters. The molecule has 0 radical (unpaired) electrons. The Hall–Kier alpha value is -3.13. The summed E-state index contributed by atoms with van der Waals surface area (Å²) < 4.78 is 13.3. The zero-order valence-corrected chi connectivity index (χ0v) is 18.9. The van der Waals surface area contributed by atoms with Gasteiger partial charge in [-0.2, -0.15) is 0 Å². The summed E-state index contributed by atoms with van der Waals surface area (Å²) in [6, 6.07) is 6.16. The lowest BCUT2D eigenvalue weighted by atomic mass is 10.1. The number of thiophene rings is 1. The second-order valence-electron chi connectivity index (χ2n) is 7.76. The zero-order chi connectivity index (χ0) is 21.5. The van der Waals surface area contributed by atoms with Gasteiger partial charge in [-0.1, -0.05) is 0 Å². The van der Waals surface area contributed by atoms with E-state index in [1.807, 2.05) is 25.3 Å². The van der Waals surface area contributed by atoms with E-state index in [0.29, 0.717) is 17.3 Å². The molecular formula is C23H25N5O2S. The predicted octanol–water partition coefficient (Wildman–Crippen LogP) is 5.00. The van der Waals surface area contributed by atoms with Crippen LogP contribution in [-0.2, 0) is 13.0 Å². The van der Waals surface area contributed by atoms with Crippen molar-refractivity contribution in [2.75, 3.05) is 19.5 Å². The topological polar surface area (TPSA) is 74.1 Å². The SMILES string of the molecule is COc1cc2nc(C)nc(NC(C)c3cc(-c4cnc5n4CCC5)cs3)c2cc1OC. The van der Waals surface area contributed by atoms with Crippen LogP contribution in [0, 0.1) is 6.92 Å². The molecule has 0 aliphatic carbocycles. The number of hydrogen-bond acceptors (Lipinski definition) is 7. The molecule has 1 aliphatic rings. The summed E-state index contributed by atoms with van der Waals surface area (Å²) in [6.45, 7) is 5.11. The van der Waals surface area contributed by atoms with Crippen LogP contribution in [0.5, 0.6) is 11.5 Å². The molecule has 0 saturated carbocycles. The molecule has 3 aromatic heterocycles. The first kappa shape index (κ1) is 19.8. The summed E-state index contributed by atoms with van der Waals surface area (Å²) in [6.07, 6.45) is 4.25. The summed E-state index contributed by atoms with van der Waals surface area (Å²) >= 11 is 1.75. The molecule has 160 valence electrons. The van der Waals surface area contributed by atoms with Gasteiger partial charge in [-0.05, 0) is 32.4 Å². The van der Waals surface area contributed by atoms with E-state index in [2.05, 4.69) is 43.2 Å². The molecule has 7 nitrogen and oxygen atoms in total. The molecule has 1 aromatic carbocycles. The molecule has 31 heavy (non-hydrogen) atoms. The molecule has 1 aliphatic heterocycles. The number of methoxy groups -OCH3 is 2. The van der Waals surface area contributed by atoms with E-state index >= 15 is 0 Å². The van der Waals surface area contributed by atoms with Crippen LogP contribution in [0.1, 0.15) is 35.9 Å². The van der Waals surface area contributed by atoms with Crippen molar-refractivity contribution in [1.29, 1.82) is 0 Å². The number of hydrogen-bond donors (Lipinski definition) is 1. The second kappa shape index (κ2) is 7.85. The minimum absolute atomic E-state index is 0.0883. The highest BCUT2D eigenvalue weighted by Crippen LogP contribution is 2.36. The first-order valence-corrected chi connectivity index (χ1v) is 11.3. The number of aromatic nitrogens is 4. The van der Waals surface area contributed by atoms with Crippen LogP contribution in [-0.4, -0.2) is 33.7 Å². The quantitative estimate of drug-likeness (QED) is 0.459. The fourth-order valence-corrected chi connectivity index (χ4v) is 5.07. The van der Waals surface area contributed by atoms with Crippen molar-refractivity contribution in [2.45, 2.75) is 39.3 Å². The number of aryl methyl sites for hydroxylation is 2. The lowest BCUT2D eigenvalue weighted by Gasteiger charge is -2.16.